The number of hydrogen-bond donors (Lipinski definition) is 2. The molecular formula is C20H25N5O4S. The molecule has 9 nitrogen and oxygen atoms in total. The Labute approximate surface area is 179 Å². The van der Waals surface area contributed by atoms with Crippen LogP contribution in [0.15, 0.2) is 29.6 Å². The van der Waals surface area contributed by atoms with Crippen molar-refractivity contribution in [1.82, 2.24) is 14.8 Å². The van der Waals surface area contributed by atoms with Gasteiger partial charge in [0.25, 0.3) is 0 Å². The molecule has 160 valence electrons. The second-order valence-electron chi connectivity index (χ2n) is 6.75. The maximum Gasteiger partial charge on any atom is 0.323 e. The van der Waals surface area contributed by atoms with E-state index < -0.39 is 0 Å². The molecule has 0 aliphatic carbocycles. The monoisotopic (exact) mass is 431 g/mol. The molecule has 1 aliphatic heterocycles. The predicted octanol–water partition coefficient (Wildman–Crippen LogP) is 2.42. The number of urea groups is 1. The van der Waals surface area contributed by atoms with Gasteiger partial charge in [-0.05, 0) is 31.2 Å². The number of nitrogens with zero attached hydrogens (tertiary/aromatic N) is 3. The van der Waals surface area contributed by atoms with Gasteiger partial charge in [-0.1, -0.05) is 0 Å². The van der Waals surface area contributed by atoms with Crippen LogP contribution in [0, 0.1) is 0 Å². The van der Waals surface area contributed by atoms with E-state index in [1.165, 1.54) is 18.3 Å². The summed E-state index contributed by atoms with van der Waals surface area (Å²) in [6.07, 6.45) is 0.108. The lowest BCUT2D eigenvalue weighted by molar-refractivity contribution is -0.130. The van der Waals surface area contributed by atoms with Crippen LogP contribution >= 0.6 is 11.3 Å². The summed E-state index contributed by atoms with van der Waals surface area (Å²) in [7, 11) is 0. The maximum absolute atomic E-state index is 12.4. The number of nitrogens with one attached hydrogen (secondary N) is 2. The molecule has 0 saturated carbocycles. The summed E-state index contributed by atoms with van der Waals surface area (Å²) in [5, 5.41) is 7.77. The highest BCUT2D eigenvalue weighted by atomic mass is 32.1. The molecule has 0 spiro atoms. The third kappa shape index (κ3) is 5.93. The van der Waals surface area contributed by atoms with E-state index in [0.29, 0.717) is 49.3 Å². The molecule has 1 aromatic carbocycles. The van der Waals surface area contributed by atoms with E-state index >= 15 is 0 Å². The van der Waals surface area contributed by atoms with Crippen LogP contribution in [0.1, 0.15) is 19.5 Å². The average Bonchev–Trinajstić information content (AvgIpc) is 3.16. The molecule has 1 fully saturated rings. The number of benzene rings is 1. The Balaban J connectivity index is 1.47. The SMILES string of the molecule is CCOc1ccc(NC(=O)Cc2csc(NC(=O)N3CCN(C(C)=O)CC3)n2)cc1. The van der Waals surface area contributed by atoms with Crippen LogP contribution in [0.3, 0.4) is 0 Å². The first-order valence-corrected chi connectivity index (χ1v) is 10.6. The number of carbonyl (C=O) groups excluding carboxylic acids is 3. The number of rotatable bonds is 6. The first-order valence-electron chi connectivity index (χ1n) is 9.73. The van der Waals surface area contributed by atoms with Gasteiger partial charge in [-0.25, -0.2) is 9.78 Å². The average molecular weight is 432 g/mol. The molecule has 0 bridgehead atoms. The lowest BCUT2D eigenvalue weighted by Crippen LogP contribution is -2.51. The van der Waals surface area contributed by atoms with Crippen LogP contribution in [-0.4, -0.2) is 65.4 Å². The number of piperazine rings is 1. The van der Waals surface area contributed by atoms with E-state index in [1.54, 1.807) is 39.4 Å². The number of anilines is 2. The van der Waals surface area contributed by atoms with Crippen LogP contribution in [0.2, 0.25) is 0 Å². The third-order valence-electron chi connectivity index (χ3n) is 4.57. The van der Waals surface area contributed by atoms with E-state index in [0.717, 1.165) is 5.75 Å². The molecule has 2 heterocycles. The fourth-order valence-corrected chi connectivity index (χ4v) is 3.71. The molecule has 1 aliphatic rings. The topological polar surface area (TPSA) is 104 Å². The highest BCUT2D eigenvalue weighted by Gasteiger charge is 2.23. The van der Waals surface area contributed by atoms with E-state index in [2.05, 4.69) is 15.6 Å². The van der Waals surface area contributed by atoms with Crippen molar-refractivity contribution in [1.29, 1.82) is 0 Å². The molecule has 2 aromatic rings. The highest BCUT2D eigenvalue weighted by Crippen LogP contribution is 2.19. The van der Waals surface area contributed by atoms with E-state index in [4.69, 9.17) is 4.74 Å². The minimum absolute atomic E-state index is 0.0168. The van der Waals surface area contributed by atoms with Gasteiger partial charge in [0.15, 0.2) is 5.13 Å². The van der Waals surface area contributed by atoms with Crippen LogP contribution in [0.5, 0.6) is 5.75 Å². The van der Waals surface area contributed by atoms with Gasteiger partial charge in [0.05, 0.1) is 18.7 Å². The summed E-state index contributed by atoms with van der Waals surface area (Å²) in [5.41, 5.74) is 1.26. The second-order valence-corrected chi connectivity index (χ2v) is 7.61. The van der Waals surface area contributed by atoms with Crippen molar-refractivity contribution in [3.05, 3.63) is 35.3 Å². The number of aromatic nitrogens is 1. The van der Waals surface area contributed by atoms with Crippen LogP contribution in [0.4, 0.5) is 15.6 Å². The molecule has 10 heteroatoms. The summed E-state index contributed by atoms with van der Waals surface area (Å²) in [4.78, 5) is 43.7. The Bertz CT molecular complexity index is 891. The van der Waals surface area contributed by atoms with E-state index in [9.17, 15) is 14.4 Å². The molecule has 30 heavy (non-hydrogen) atoms. The van der Waals surface area contributed by atoms with Crippen molar-refractivity contribution < 1.29 is 19.1 Å². The molecular weight excluding hydrogens is 406 g/mol. The zero-order valence-corrected chi connectivity index (χ0v) is 17.8. The van der Waals surface area contributed by atoms with Gasteiger partial charge in [0.1, 0.15) is 5.75 Å². The first kappa shape index (κ1) is 21.6. The third-order valence-corrected chi connectivity index (χ3v) is 5.38. The van der Waals surface area contributed by atoms with Gasteiger partial charge in [-0.3, -0.25) is 14.9 Å². The fraction of sp³-hybridized carbons (Fsp3) is 0.400. The minimum Gasteiger partial charge on any atom is -0.494 e. The molecule has 2 N–H and O–H groups in total. The van der Waals surface area contributed by atoms with Crippen molar-refractivity contribution in [2.75, 3.05) is 43.4 Å². The lowest BCUT2D eigenvalue weighted by atomic mass is 10.2. The second kappa shape index (κ2) is 10.1. The lowest BCUT2D eigenvalue weighted by Gasteiger charge is -2.33. The van der Waals surface area contributed by atoms with Gasteiger partial charge < -0.3 is 19.9 Å². The molecule has 0 unspecified atom stereocenters. The number of thiazole rings is 1. The summed E-state index contributed by atoms with van der Waals surface area (Å²) in [6, 6.07) is 6.90. The Morgan fingerprint density at radius 3 is 2.37 bits per heavy atom. The van der Waals surface area contributed by atoms with Crippen LogP contribution < -0.4 is 15.4 Å². The molecule has 0 radical (unpaired) electrons. The van der Waals surface area contributed by atoms with Gasteiger partial charge in [-0.2, -0.15) is 0 Å². The Kier molecular flexibility index (Phi) is 7.23. The normalized spacial score (nSPS) is 13.7. The molecule has 4 amide bonds. The van der Waals surface area contributed by atoms with Crippen molar-refractivity contribution in [3.63, 3.8) is 0 Å². The molecule has 0 atom stereocenters. The van der Waals surface area contributed by atoms with Gasteiger partial charge in [0.2, 0.25) is 11.8 Å². The number of carbonyl (C=O) groups is 3. The minimum atomic E-state index is -0.252. The first-order chi connectivity index (χ1) is 14.4. The van der Waals surface area contributed by atoms with Crippen LogP contribution in [-0.2, 0) is 16.0 Å². The standard InChI is InChI=1S/C20H25N5O4S/c1-3-29-17-6-4-15(5-7-17)21-18(27)12-16-13-30-19(22-16)23-20(28)25-10-8-24(9-11-25)14(2)26/h4-7,13H,3,8-12H2,1-2H3,(H,21,27)(H,22,23,28). The highest BCUT2D eigenvalue weighted by molar-refractivity contribution is 7.13. The number of ether oxygens (including phenoxy) is 1. The number of amides is 4. The maximum atomic E-state index is 12.4. The smallest absolute Gasteiger partial charge is 0.323 e. The molecule has 1 saturated heterocycles. The Morgan fingerprint density at radius 2 is 1.73 bits per heavy atom. The Morgan fingerprint density at radius 1 is 1.07 bits per heavy atom. The van der Waals surface area contributed by atoms with Crippen molar-refractivity contribution in [2.24, 2.45) is 0 Å². The van der Waals surface area contributed by atoms with Crippen molar-refractivity contribution in [3.8, 4) is 5.75 Å². The number of hydrogen-bond acceptors (Lipinski definition) is 6. The zero-order chi connectivity index (χ0) is 21.5. The van der Waals surface area contributed by atoms with Gasteiger partial charge in [0, 0.05) is 44.2 Å². The Hall–Kier alpha value is -3.14. The molecule has 3 rings (SSSR count). The summed E-state index contributed by atoms with van der Waals surface area (Å²) < 4.78 is 5.38. The summed E-state index contributed by atoms with van der Waals surface area (Å²) in [5.74, 6) is 0.573. The van der Waals surface area contributed by atoms with Crippen molar-refractivity contribution >= 4 is 40.0 Å². The van der Waals surface area contributed by atoms with E-state index in [1.807, 2.05) is 6.92 Å². The zero-order valence-electron chi connectivity index (χ0n) is 17.0. The summed E-state index contributed by atoms with van der Waals surface area (Å²) in [6.45, 7) is 6.04. The van der Waals surface area contributed by atoms with Gasteiger partial charge >= 0.3 is 6.03 Å². The quantitative estimate of drug-likeness (QED) is 0.731. The largest absolute Gasteiger partial charge is 0.494 e. The fourth-order valence-electron chi connectivity index (χ4n) is 3.01. The van der Waals surface area contributed by atoms with Gasteiger partial charge in [-0.15, -0.1) is 11.3 Å². The van der Waals surface area contributed by atoms with Crippen molar-refractivity contribution in [2.45, 2.75) is 20.3 Å². The molecule has 1 aromatic heterocycles. The predicted molar refractivity (Wildman–Crippen MR) is 115 cm³/mol. The van der Waals surface area contributed by atoms with Crippen LogP contribution in [0.25, 0.3) is 0 Å². The summed E-state index contributed by atoms with van der Waals surface area (Å²) >= 11 is 1.27. The van der Waals surface area contributed by atoms with E-state index in [-0.39, 0.29) is 24.3 Å².